The van der Waals surface area contributed by atoms with E-state index < -0.39 is 0 Å². The summed E-state index contributed by atoms with van der Waals surface area (Å²) in [7, 11) is 0. The predicted molar refractivity (Wildman–Crippen MR) is 510 cm³/mol. The molecule has 0 fully saturated rings. The van der Waals surface area contributed by atoms with Crippen molar-refractivity contribution in [3.8, 4) is 89.0 Å². The molecule has 0 saturated carbocycles. The molecule has 15 aromatic rings. The topological polar surface area (TPSA) is 9.72 Å². The van der Waals surface area contributed by atoms with Crippen LogP contribution in [0, 0.1) is 0 Å². The zero-order chi connectivity index (χ0) is 83.0. The molecule has 0 spiro atoms. The van der Waals surface area contributed by atoms with Crippen LogP contribution in [0.4, 0.5) is 51.2 Å². The van der Waals surface area contributed by atoms with E-state index in [1.54, 1.807) is 0 Å². The highest BCUT2D eigenvalue weighted by Gasteiger charge is 2.44. The molecule has 0 amide bonds. The Labute approximate surface area is 708 Å². The Balaban J connectivity index is 1.04. The third kappa shape index (κ3) is 14.3. The van der Waals surface area contributed by atoms with E-state index in [-0.39, 0.29) is 38.4 Å². The van der Waals surface area contributed by atoms with Crippen LogP contribution in [-0.2, 0) is 38.9 Å². The first kappa shape index (κ1) is 77.9. The van der Waals surface area contributed by atoms with Crippen LogP contribution in [0.5, 0.6) is 0 Å². The first-order chi connectivity index (χ1) is 56.8. The van der Waals surface area contributed by atoms with Gasteiger partial charge in [-0.05, 0) is 203 Å². The largest absolute Gasteiger partial charge is 0.305 e. The fourth-order valence-corrected chi connectivity index (χ4v) is 18.6. The van der Waals surface area contributed by atoms with Gasteiger partial charge >= 0.3 is 0 Å². The van der Waals surface area contributed by atoms with Gasteiger partial charge in [-0.25, -0.2) is 0 Å². The number of para-hydroxylation sites is 2. The van der Waals surface area contributed by atoms with E-state index in [1.165, 1.54) is 94.6 Å². The highest BCUT2D eigenvalue weighted by atomic mass is 15.3. The summed E-state index contributed by atoms with van der Waals surface area (Å²) in [4.78, 5) is 8.18. The fourth-order valence-electron chi connectivity index (χ4n) is 18.6. The Kier molecular flexibility index (Phi) is 19.2. The molecule has 3 nitrogen and oxygen atoms in total. The molecule has 0 saturated heterocycles. The quantitative estimate of drug-likeness (QED) is 0.128. The number of benzene rings is 15. The van der Waals surface area contributed by atoms with E-state index in [2.05, 4.69) is 467 Å². The zero-order valence-corrected chi connectivity index (χ0v) is 72.8. The van der Waals surface area contributed by atoms with Crippen LogP contribution in [-0.4, -0.2) is 0 Å². The van der Waals surface area contributed by atoms with Crippen LogP contribution in [0.25, 0.3) is 89.0 Å². The number of fused-ring (bicyclic) bond motifs is 6. The number of nitrogens with zero attached hydrogens (tertiary/aromatic N) is 3. The minimum atomic E-state index is -0.156. The van der Waals surface area contributed by atoms with Gasteiger partial charge in [-0.15, -0.1) is 0 Å². The van der Waals surface area contributed by atoms with E-state index in [1.807, 2.05) is 0 Å². The number of hydrogen-bond donors (Lipinski definition) is 0. The monoisotopic (exact) mass is 1550 g/mol. The second-order valence-electron chi connectivity index (χ2n) is 39.8. The van der Waals surface area contributed by atoms with Gasteiger partial charge in [0, 0.05) is 28.2 Å². The number of rotatable bonds is 11. The van der Waals surface area contributed by atoms with Crippen LogP contribution >= 0.6 is 0 Å². The average molecular weight is 1550 g/mol. The molecule has 0 aromatic heterocycles. The molecule has 3 heteroatoms. The lowest BCUT2D eigenvalue weighted by Crippen LogP contribution is -2.31. The second-order valence-corrected chi connectivity index (χ2v) is 39.8. The maximum Gasteiger partial charge on any atom is 0.0948 e. The summed E-state index contributed by atoms with van der Waals surface area (Å²) in [5.74, 6) is -0.156. The SMILES string of the molecule is CC(C)(C)c1ccc(-c2cccc(-c3ccc(C(C)(C)C)cc3)c2N2c3ccc(-c4ccc(C(C)(C)C)cc4-c4ccccc4)cc3N3c4cc(-c5ccc(C(C)(C)C)cc5-c5ccccc5)ccc4N(c4c(-c5ccc(C(C)(C)C)cc5)cccc4-c4ccc(C(C)(C)C)cc4)c4cc(C5c6ccccc6Cc6ccccc65)cc2c43)cc1. The molecule has 1 aliphatic carbocycles. The lowest BCUT2D eigenvalue weighted by atomic mass is 9.74. The van der Waals surface area contributed by atoms with Crippen molar-refractivity contribution in [1.82, 2.24) is 0 Å². The van der Waals surface area contributed by atoms with Crippen molar-refractivity contribution in [3.63, 3.8) is 0 Å². The molecule has 15 aromatic carbocycles. The number of hydrogen-bond acceptors (Lipinski definition) is 3. The molecular weight excluding hydrogens is 1440 g/mol. The maximum absolute atomic E-state index is 2.73. The molecule has 119 heavy (non-hydrogen) atoms. The smallest absolute Gasteiger partial charge is 0.0948 e. The Morgan fingerprint density at radius 3 is 0.790 bits per heavy atom. The van der Waals surface area contributed by atoms with Gasteiger partial charge in [0.1, 0.15) is 0 Å². The van der Waals surface area contributed by atoms with E-state index >= 15 is 0 Å². The normalized spacial score (nSPS) is 13.5. The van der Waals surface area contributed by atoms with Crippen molar-refractivity contribution in [3.05, 3.63) is 389 Å². The van der Waals surface area contributed by atoms with Gasteiger partial charge in [-0.3, -0.25) is 0 Å². The van der Waals surface area contributed by atoms with Crippen LogP contribution in [0.1, 0.15) is 192 Å². The highest BCUT2D eigenvalue weighted by Crippen LogP contribution is 2.68. The van der Waals surface area contributed by atoms with Gasteiger partial charge in [-0.1, -0.05) is 416 Å². The molecule has 0 bridgehead atoms. The van der Waals surface area contributed by atoms with Crippen LogP contribution in [0.2, 0.25) is 0 Å². The molecule has 590 valence electrons. The zero-order valence-electron chi connectivity index (χ0n) is 72.8. The lowest BCUT2D eigenvalue weighted by Gasteiger charge is -2.49. The van der Waals surface area contributed by atoms with Crippen molar-refractivity contribution >= 4 is 51.2 Å². The average Bonchev–Trinajstić information content (AvgIpc) is 0.684. The molecule has 3 aliphatic rings. The Hall–Kier alpha value is -12.3. The summed E-state index contributed by atoms with van der Waals surface area (Å²) < 4.78 is 0. The lowest BCUT2D eigenvalue weighted by molar-refractivity contribution is 0.590. The van der Waals surface area contributed by atoms with Gasteiger partial charge in [0.25, 0.3) is 0 Å². The first-order valence-corrected chi connectivity index (χ1v) is 42.9. The molecule has 0 radical (unpaired) electrons. The van der Waals surface area contributed by atoms with Crippen molar-refractivity contribution in [2.24, 2.45) is 0 Å². The molecule has 0 unspecified atom stereocenters. The number of anilines is 9. The molecule has 18 rings (SSSR count). The van der Waals surface area contributed by atoms with Gasteiger partial charge in [0.15, 0.2) is 0 Å². The molecule has 0 N–H and O–H groups in total. The molecular formula is C116H111N3. The maximum atomic E-state index is 2.73. The summed E-state index contributed by atoms with van der Waals surface area (Å²) in [5.41, 5.74) is 41.9. The summed E-state index contributed by atoms with van der Waals surface area (Å²) in [5, 5.41) is 0. The van der Waals surface area contributed by atoms with Gasteiger partial charge in [0.2, 0.25) is 0 Å². The highest BCUT2D eigenvalue weighted by molar-refractivity contribution is 6.17. The summed E-state index contributed by atoms with van der Waals surface area (Å²) >= 11 is 0. The third-order valence-electron chi connectivity index (χ3n) is 25.5. The Bertz CT molecular complexity index is 5860. The molecule has 2 heterocycles. The molecule has 2 aliphatic heterocycles. The summed E-state index contributed by atoms with van der Waals surface area (Å²) in [6.07, 6.45) is 0.853. The van der Waals surface area contributed by atoms with E-state index in [0.29, 0.717) is 0 Å². The van der Waals surface area contributed by atoms with Gasteiger partial charge < -0.3 is 14.7 Å². The first-order valence-electron chi connectivity index (χ1n) is 42.9. The molecule has 0 atom stereocenters. The van der Waals surface area contributed by atoms with Crippen molar-refractivity contribution in [2.75, 3.05) is 14.7 Å². The second kappa shape index (κ2) is 29.3. The van der Waals surface area contributed by atoms with Crippen LogP contribution in [0.3, 0.4) is 0 Å². The van der Waals surface area contributed by atoms with Crippen molar-refractivity contribution in [2.45, 2.75) is 169 Å². The van der Waals surface area contributed by atoms with Gasteiger partial charge in [0.05, 0.1) is 51.2 Å². The van der Waals surface area contributed by atoms with E-state index in [9.17, 15) is 0 Å². The Morgan fingerprint density at radius 2 is 0.471 bits per heavy atom. The summed E-state index contributed by atoms with van der Waals surface area (Å²) in [6, 6.07) is 128. The predicted octanol–water partition coefficient (Wildman–Crippen LogP) is 32.9. The van der Waals surface area contributed by atoms with E-state index in [4.69, 9.17) is 0 Å². The minimum Gasteiger partial charge on any atom is -0.305 e. The standard InChI is InChI=1S/C116H111N3/c1-111(2,3)85-53-43-76(44-54-85)95-39-29-40-96(77-45-55-86(56-46-77)112(4,5)6)108(95)117-101-65-51-82(91-63-61-89(115(13,14)15)72-99(91)74-31-21-19-22-32-74)68-103(101)119-104-69-83(92-64-62-90(116(16,17)18)73-100(92)75-33-23-20-24-34-75)52-66-102(104)118(106-71-84(70-105(117)110(106)119)107-93-37-27-25-35-80(93)67-81-36-26-28-38-94(81)107)109-97(78-47-57-87(58-48-78)113(7,8)9)41-30-42-98(109)79-49-59-88(60-50-79)114(10,11)12/h19-66,68-73,107H,67H2,1-18H3. The minimum absolute atomic E-state index is 0.0699. The Morgan fingerprint density at radius 1 is 0.193 bits per heavy atom. The van der Waals surface area contributed by atoms with E-state index in [0.717, 1.165) is 113 Å². The van der Waals surface area contributed by atoms with Crippen LogP contribution < -0.4 is 14.7 Å². The summed E-state index contributed by atoms with van der Waals surface area (Å²) in [6.45, 7) is 41.9. The third-order valence-corrected chi connectivity index (χ3v) is 25.5. The van der Waals surface area contributed by atoms with Crippen LogP contribution in [0.15, 0.2) is 328 Å². The van der Waals surface area contributed by atoms with Gasteiger partial charge in [-0.2, -0.15) is 0 Å². The van der Waals surface area contributed by atoms with Crippen molar-refractivity contribution in [1.29, 1.82) is 0 Å². The van der Waals surface area contributed by atoms with Crippen molar-refractivity contribution < 1.29 is 0 Å². The fraction of sp³-hybridized carbons (Fsp3) is 0.224.